The van der Waals surface area contributed by atoms with Crippen molar-refractivity contribution in [1.29, 1.82) is 0 Å². The normalized spacial score (nSPS) is 16.8. The summed E-state index contributed by atoms with van der Waals surface area (Å²) in [4.78, 5) is 14.6. The third kappa shape index (κ3) is 5.37. The van der Waals surface area contributed by atoms with Crippen LogP contribution in [0.4, 0.5) is 5.69 Å². The first kappa shape index (κ1) is 21.8. The lowest BCUT2D eigenvalue weighted by atomic mass is 9.99. The van der Waals surface area contributed by atoms with Gasteiger partial charge in [0.15, 0.2) is 17.6 Å². The summed E-state index contributed by atoms with van der Waals surface area (Å²) in [5.74, 6) is 1.75. The molecule has 0 saturated carbocycles. The zero-order chi connectivity index (χ0) is 21.2. The number of rotatable bonds is 6. The molecule has 2 aromatic rings. The van der Waals surface area contributed by atoms with E-state index in [1.54, 1.807) is 30.2 Å². The van der Waals surface area contributed by atoms with Crippen LogP contribution >= 0.6 is 27.5 Å². The van der Waals surface area contributed by atoms with Crippen LogP contribution < -0.4 is 19.1 Å². The van der Waals surface area contributed by atoms with Crippen molar-refractivity contribution in [3.63, 3.8) is 0 Å². The zero-order valence-corrected chi connectivity index (χ0v) is 19.3. The maximum atomic E-state index is 12.9. The Morgan fingerprint density at radius 3 is 2.59 bits per heavy atom. The quantitative estimate of drug-likeness (QED) is 0.528. The van der Waals surface area contributed by atoms with E-state index in [2.05, 4.69) is 36.7 Å². The number of benzene rings is 2. The number of amides is 1. The second-order valence-corrected chi connectivity index (χ2v) is 9.41. The Kier molecular flexibility index (Phi) is 6.64. The van der Waals surface area contributed by atoms with Gasteiger partial charge in [-0.2, -0.15) is 0 Å². The second kappa shape index (κ2) is 8.84. The molecule has 1 atom stereocenters. The molecule has 156 valence electrons. The van der Waals surface area contributed by atoms with Gasteiger partial charge in [0, 0.05) is 29.2 Å². The molecule has 1 saturated heterocycles. The fraction of sp³-hybridized carbons (Fsp3) is 0.409. The molecule has 1 aliphatic heterocycles. The van der Waals surface area contributed by atoms with Crippen molar-refractivity contribution in [3.05, 3.63) is 45.9 Å². The number of halogens is 2. The summed E-state index contributed by atoms with van der Waals surface area (Å²) < 4.78 is 18.0. The first-order valence-electron chi connectivity index (χ1n) is 9.42. The van der Waals surface area contributed by atoms with Gasteiger partial charge in [-0.15, -0.1) is 0 Å². The third-order valence-corrected chi connectivity index (χ3v) is 5.68. The number of nitrogens with zero attached hydrogens (tertiary/aromatic N) is 1. The molecule has 2 aromatic carbocycles. The molecule has 0 bridgehead atoms. The lowest BCUT2D eigenvalue weighted by Gasteiger charge is -2.22. The van der Waals surface area contributed by atoms with E-state index < -0.39 is 6.10 Å². The van der Waals surface area contributed by atoms with Gasteiger partial charge in [-0.05, 0) is 51.7 Å². The lowest BCUT2D eigenvalue weighted by molar-refractivity contribution is -0.122. The summed E-state index contributed by atoms with van der Waals surface area (Å²) in [6.07, 6.45) is 0.0481. The molecule has 0 aromatic heterocycles. The van der Waals surface area contributed by atoms with Crippen molar-refractivity contribution < 1.29 is 19.0 Å². The molecule has 3 rings (SSSR count). The molecule has 1 unspecified atom stereocenters. The minimum absolute atomic E-state index is 0.0368. The summed E-state index contributed by atoms with van der Waals surface area (Å²) in [6, 6.07) is 10.8. The summed E-state index contributed by atoms with van der Waals surface area (Å²) in [6.45, 7) is 7.45. The Morgan fingerprint density at radius 2 is 1.93 bits per heavy atom. The number of ether oxygens (including phenoxy) is 3. The summed E-state index contributed by atoms with van der Waals surface area (Å²) in [5, 5.41) is 0.542. The van der Waals surface area contributed by atoms with Crippen LogP contribution in [0.15, 0.2) is 40.9 Å². The van der Waals surface area contributed by atoms with Crippen LogP contribution in [0.3, 0.4) is 0 Å². The van der Waals surface area contributed by atoms with E-state index in [-0.39, 0.29) is 11.3 Å². The zero-order valence-electron chi connectivity index (χ0n) is 17.0. The van der Waals surface area contributed by atoms with E-state index in [1.807, 2.05) is 18.2 Å². The van der Waals surface area contributed by atoms with E-state index in [0.29, 0.717) is 41.8 Å². The van der Waals surface area contributed by atoms with Gasteiger partial charge in [0.05, 0.1) is 18.7 Å². The molecule has 5 nitrogen and oxygen atoms in total. The lowest BCUT2D eigenvalue weighted by Crippen LogP contribution is -2.32. The molecule has 0 spiro atoms. The highest BCUT2D eigenvalue weighted by Crippen LogP contribution is 2.35. The predicted molar refractivity (Wildman–Crippen MR) is 118 cm³/mol. The van der Waals surface area contributed by atoms with Gasteiger partial charge >= 0.3 is 0 Å². The highest BCUT2D eigenvalue weighted by molar-refractivity contribution is 9.10. The van der Waals surface area contributed by atoms with Crippen molar-refractivity contribution in [1.82, 2.24) is 0 Å². The average molecular weight is 483 g/mol. The van der Waals surface area contributed by atoms with Crippen molar-refractivity contribution in [3.8, 4) is 17.2 Å². The molecule has 0 N–H and O–H groups in total. The number of carbonyl (C=O) groups excluding carboxylic acids is 1. The Bertz CT molecular complexity index is 897. The van der Waals surface area contributed by atoms with Crippen molar-refractivity contribution in [2.45, 2.75) is 33.3 Å². The minimum Gasteiger partial charge on any atom is -0.493 e. The second-order valence-electron chi connectivity index (χ2n) is 8.15. The molecular weight excluding hydrogens is 458 g/mol. The predicted octanol–water partition coefficient (Wildman–Crippen LogP) is 5.72. The molecule has 7 heteroatoms. The van der Waals surface area contributed by atoms with Gasteiger partial charge in [-0.1, -0.05) is 32.4 Å². The molecule has 1 fully saturated rings. The largest absolute Gasteiger partial charge is 0.493 e. The van der Waals surface area contributed by atoms with Gasteiger partial charge in [-0.25, -0.2) is 0 Å². The average Bonchev–Trinajstić information content (AvgIpc) is 3.02. The molecule has 0 radical (unpaired) electrons. The SMILES string of the molecule is COc1cc(N2CCC(Oc3ccc(Br)c(Cl)c3)C2=O)ccc1OCC(C)(C)C. The number of carbonyl (C=O) groups is 1. The minimum atomic E-state index is -0.546. The Hall–Kier alpha value is -1.92. The van der Waals surface area contributed by atoms with Crippen LogP contribution in [0.1, 0.15) is 27.2 Å². The number of anilines is 1. The van der Waals surface area contributed by atoms with Gasteiger partial charge in [0.2, 0.25) is 0 Å². The van der Waals surface area contributed by atoms with E-state index >= 15 is 0 Å². The Labute approximate surface area is 185 Å². The number of hydrogen-bond acceptors (Lipinski definition) is 4. The summed E-state index contributed by atoms with van der Waals surface area (Å²) in [7, 11) is 1.60. The van der Waals surface area contributed by atoms with E-state index in [0.717, 1.165) is 10.2 Å². The first-order chi connectivity index (χ1) is 13.7. The molecule has 1 aliphatic rings. The van der Waals surface area contributed by atoms with Gasteiger partial charge in [0.25, 0.3) is 5.91 Å². The molecule has 0 aliphatic carbocycles. The van der Waals surface area contributed by atoms with Crippen molar-refractivity contribution in [2.75, 3.05) is 25.2 Å². The topological polar surface area (TPSA) is 48.0 Å². The smallest absolute Gasteiger partial charge is 0.268 e. The third-order valence-electron chi connectivity index (χ3n) is 4.45. The van der Waals surface area contributed by atoms with Crippen LogP contribution in [0.5, 0.6) is 17.2 Å². The van der Waals surface area contributed by atoms with Crippen LogP contribution in [0.2, 0.25) is 5.02 Å². The van der Waals surface area contributed by atoms with Crippen LogP contribution in [0.25, 0.3) is 0 Å². The maximum Gasteiger partial charge on any atom is 0.268 e. The maximum absolute atomic E-state index is 12.9. The van der Waals surface area contributed by atoms with Crippen LogP contribution in [-0.2, 0) is 4.79 Å². The Balaban J connectivity index is 1.72. The summed E-state index contributed by atoms with van der Waals surface area (Å²) in [5.41, 5.74) is 0.796. The first-order valence-corrected chi connectivity index (χ1v) is 10.6. The fourth-order valence-corrected chi connectivity index (χ4v) is 3.39. The van der Waals surface area contributed by atoms with Crippen molar-refractivity contribution >= 4 is 39.1 Å². The monoisotopic (exact) mass is 481 g/mol. The van der Waals surface area contributed by atoms with Crippen molar-refractivity contribution in [2.24, 2.45) is 5.41 Å². The van der Waals surface area contributed by atoms with E-state index in [1.165, 1.54) is 0 Å². The van der Waals surface area contributed by atoms with Gasteiger partial charge in [0.1, 0.15) is 5.75 Å². The molecular formula is C22H25BrClNO4. The molecule has 29 heavy (non-hydrogen) atoms. The Morgan fingerprint density at radius 1 is 1.17 bits per heavy atom. The number of methoxy groups -OCH3 is 1. The fourth-order valence-electron chi connectivity index (χ4n) is 2.97. The molecule has 1 amide bonds. The van der Waals surface area contributed by atoms with Crippen LogP contribution in [-0.4, -0.2) is 32.3 Å². The summed E-state index contributed by atoms with van der Waals surface area (Å²) >= 11 is 9.46. The highest BCUT2D eigenvalue weighted by Gasteiger charge is 2.34. The number of hydrogen-bond donors (Lipinski definition) is 0. The van der Waals surface area contributed by atoms with Crippen LogP contribution in [0, 0.1) is 5.41 Å². The van der Waals surface area contributed by atoms with Gasteiger partial charge in [-0.3, -0.25) is 4.79 Å². The van der Waals surface area contributed by atoms with Gasteiger partial charge < -0.3 is 19.1 Å². The highest BCUT2D eigenvalue weighted by atomic mass is 79.9. The molecule has 1 heterocycles. The standard InChI is InChI=1S/C22H25BrClNO4/c1-22(2,3)13-28-18-8-5-14(11-20(18)27-4)25-10-9-19(21(25)26)29-15-6-7-16(23)17(24)12-15/h5-8,11-12,19H,9-10,13H2,1-4H3. The van der Waals surface area contributed by atoms with E-state index in [4.69, 9.17) is 25.8 Å². The van der Waals surface area contributed by atoms with E-state index in [9.17, 15) is 4.79 Å².